The van der Waals surface area contributed by atoms with Crippen LogP contribution in [-0.2, 0) is 9.53 Å². The van der Waals surface area contributed by atoms with Crippen LogP contribution >= 0.6 is 23.2 Å². The number of carboxylic acids is 1. The molecule has 0 fully saturated rings. The number of hydrogen-bond acceptors (Lipinski definition) is 3. The van der Waals surface area contributed by atoms with Crippen LogP contribution in [0.4, 0.5) is 4.39 Å². The Hall–Kier alpha value is -0.880. The second kappa shape index (κ2) is 7.78. The van der Waals surface area contributed by atoms with Gasteiger partial charge in [0.25, 0.3) is 0 Å². The molecule has 0 aliphatic carbocycles. The third-order valence-corrected chi connectivity index (χ3v) is 3.58. The summed E-state index contributed by atoms with van der Waals surface area (Å²) in [7, 11) is 1.53. The molecule has 0 amide bonds. The van der Waals surface area contributed by atoms with Gasteiger partial charge in [0.15, 0.2) is 0 Å². The zero-order valence-electron chi connectivity index (χ0n) is 11.2. The van der Waals surface area contributed by atoms with Crippen LogP contribution in [0.2, 0.25) is 10.0 Å². The molecule has 1 unspecified atom stereocenters. The lowest BCUT2D eigenvalue weighted by Gasteiger charge is -2.28. The van der Waals surface area contributed by atoms with E-state index in [2.05, 4.69) is 0 Å². The minimum atomic E-state index is -0.974. The fourth-order valence-electron chi connectivity index (χ4n) is 1.85. The zero-order valence-corrected chi connectivity index (χ0v) is 12.7. The maximum atomic E-state index is 13.5. The van der Waals surface area contributed by atoms with Gasteiger partial charge >= 0.3 is 5.97 Å². The zero-order chi connectivity index (χ0) is 15.3. The number of rotatable bonds is 7. The standard InChI is InChI=1S/C13H16Cl2FNO3/c1-8(17(3-4-20-2)7-13(18)19)9-5-12(16)11(15)6-10(9)14/h5-6,8H,3-4,7H2,1-2H3,(H,18,19). The van der Waals surface area contributed by atoms with Crippen molar-refractivity contribution < 1.29 is 19.0 Å². The van der Waals surface area contributed by atoms with Crippen LogP contribution in [0.3, 0.4) is 0 Å². The Morgan fingerprint density at radius 2 is 2.10 bits per heavy atom. The quantitative estimate of drug-likeness (QED) is 0.783. The molecule has 0 spiro atoms. The first kappa shape index (κ1) is 17.2. The fourth-order valence-corrected chi connectivity index (χ4v) is 2.39. The molecule has 0 aromatic heterocycles. The van der Waals surface area contributed by atoms with Crippen LogP contribution < -0.4 is 0 Å². The molecule has 0 aliphatic rings. The normalized spacial score (nSPS) is 12.7. The summed E-state index contributed by atoms with van der Waals surface area (Å²) in [5, 5.41) is 9.18. The van der Waals surface area contributed by atoms with Crippen LogP contribution in [0, 0.1) is 5.82 Å². The first-order valence-electron chi connectivity index (χ1n) is 5.96. The summed E-state index contributed by atoms with van der Waals surface area (Å²) in [6.07, 6.45) is 0. The lowest BCUT2D eigenvalue weighted by Crippen LogP contribution is -2.35. The summed E-state index contributed by atoms with van der Waals surface area (Å²) in [6.45, 7) is 2.33. The molecule has 20 heavy (non-hydrogen) atoms. The van der Waals surface area contributed by atoms with Gasteiger partial charge < -0.3 is 9.84 Å². The predicted octanol–water partition coefficient (Wildman–Crippen LogP) is 3.23. The molecule has 1 N–H and O–H groups in total. The Bertz CT molecular complexity index is 485. The second-order valence-electron chi connectivity index (χ2n) is 4.32. The van der Waals surface area contributed by atoms with Gasteiger partial charge in [0.05, 0.1) is 18.2 Å². The highest BCUT2D eigenvalue weighted by Gasteiger charge is 2.21. The van der Waals surface area contributed by atoms with Gasteiger partial charge in [-0.15, -0.1) is 0 Å². The minimum absolute atomic E-state index is 0.0624. The van der Waals surface area contributed by atoms with E-state index in [4.69, 9.17) is 33.0 Å². The highest BCUT2D eigenvalue weighted by atomic mass is 35.5. The average molecular weight is 324 g/mol. The van der Waals surface area contributed by atoms with Crippen molar-refractivity contribution in [3.8, 4) is 0 Å². The monoisotopic (exact) mass is 323 g/mol. The van der Waals surface area contributed by atoms with Crippen molar-refractivity contribution in [3.63, 3.8) is 0 Å². The summed E-state index contributed by atoms with van der Waals surface area (Å²) >= 11 is 11.7. The van der Waals surface area contributed by atoms with Crippen LogP contribution in [0.5, 0.6) is 0 Å². The van der Waals surface area contributed by atoms with Crippen molar-refractivity contribution >= 4 is 29.2 Å². The average Bonchev–Trinajstić information content (AvgIpc) is 2.37. The molecule has 1 rings (SSSR count). The van der Waals surface area contributed by atoms with E-state index in [1.165, 1.54) is 19.2 Å². The summed E-state index contributed by atoms with van der Waals surface area (Å²) in [4.78, 5) is 12.5. The van der Waals surface area contributed by atoms with Crippen molar-refractivity contribution in [3.05, 3.63) is 33.6 Å². The summed E-state index contributed by atoms with van der Waals surface area (Å²) in [5.74, 6) is -1.56. The third kappa shape index (κ3) is 4.59. The summed E-state index contributed by atoms with van der Waals surface area (Å²) in [5.41, 5.74) is 0.492. The molecule has 7 heteroatoms. The van der Waals surface area contributed by atoms with Gasteiger partial charge in [-0.3, -0.25) is 9.69 Å². The molecule has 112 valence electrons. The molecule has 0 bridgehead atoms. The van der Waals surface area contributed by atoms with Crippen LogP contribution in [0.15, 0.2) is 12.1 Å². The molecule has 0 aliphatic heterocycles. The van der Waals surface area contributed by atoms with E-state index < -0.39 is 11.8 Å². The van der Waals surface area contributed by atoms with Crippen LogP contribution in [0.25, 0.3) is 0 Å². The van der Waals surface area contributed by atoms with E-state index in [1.807, 2.05) is 0 Å². The largest absolute Gasteiger partial charge is 0.480 e. The van der Waals surface area contributed by atoms with Gasteiger partial charge in [-0.25, -0.2) is 4.39 Å². The van der Waals surface area contributed by atoms with Crippen LogP contribution in [-0.4, -0.2) is 42.8 Å². The van der Waals surface area contributed by atoms with Gasteiger partial charge in [-0.2, -0.15) is 0 Å². The van der Waals surface area contributed by atoms with Crippen molar-refractivity contribution in [2.75, 3.05) is 26.8 Å². The first-order valence-corrected chi connectivity index (χ1v) is 6.71. The number of benzene rings is 1. The van der Waals surface area contributed by atoms with E-state index in [0.29, 0.717) is 23.7 Å². The smallest absolute Gasteiger partial charge is 0.317 e. The highest BCUT2D eigenvalue weighted by Crippen LogP contribution is 2.31. The Balaban J connectivity index is 3.01. The number of halogens is 3. The molecule has 1 aromatic rings. The van der Waals surface area contributed by atoms with Gasteiger partial charge in [0, 0.05) is 24.7 Å². The van der Waals surface area contributed by atoms with Gasteiger partial charge in [0.2, 0.25) is 0 Å². The van der Waals surface area contributed by atoms with E-state index in [-0.39, 0.29) is 17.6 Å². The Kier molecular flexibility index (Phi) is 6.68. The van der Waals surface area contributed by atoms with Gasteiger partial charge in [-0.1, -0.05) is 23.2 Å². The van der Waals surface area contributed by atoms with Crippen LogP contribution in [0.1, 0.15) is 18.5 Å². The maximum Gasteiger partial charge on any atom is 0.317 e. The Morgan fingerprint density at radius 1 is 1.45 bits per heavy atom. The molecule has 1 aromatic carbocycles. The van der Waals surface area contributed by atoms with Crippen molar-refractivity contribution in [2.45, 2.75) is 13.0 Å². The highest BCUT2D eigenvalue weighted by molar-refractivity contribution is 6.35. The summed E-state index contributed by atoms with van der Waals surface area (Å²) in [6, 6.07) is 2.18. The fraction of sp³-hybridized carbons (Fsp3) is 0.462. The van der Waals surface area contributed by atoms with E-state index >= 15 is 0 Å². The summed E-state index contributed by atoms with van der Waals surface area (Å²) < 4.78 is 18.5. The lowest BCUT2D eigenvalue weighted by molar-refractivity contribution is -0.139. The van der Waals surface area contributed by atoms with Crippen molar-refractivity contribution in [2.24, 2.45) is 0 Å². The molecule has 0 heterocycles. The number of aliphatic carboxylic acids is 1. The topological polar surface area (TPSA) is 49.8 Å². The van der Waals surface area contributed by atoms with Crippen molar-refractivity contribution in [1.82, 2.24) is 4.90 Å². The number of carboxylic acid groups (broad SMARTS) is 1. The van der Waals surface area contributed by atoms with E-state index in [1.54, 1.807) is 11.8 Å². The maximum absolute atomic E-state index is 13.5. The minimum Gasteiger partial charge on any atom is -0.480 e. The van der Waals surface area contributed by atoms with Crippen molar-refractivity contribution in [1.29, 1.82) is 0 Å². The molecular formula is C13H16Cl2FNO3. The van der Waals surface area contributed by atoms with Gasteiger partial charge in [0.1, 0.15) is 5.82 Å². The number of hydrogen-bond donors (Lipinski definition) is 1. The predicted molar refractivity (Wildman–Crippen MR) is 75.9 cm³/mol. The number of ether oxygens (including phenoxy) is 1. The molecule has 4 nitrogen and oxygen atoms in total. The first-order chi connectivity index (χ1) is 9.36. The molecule has 1 atom stereocenters. The Labute approximate surface area is 127 Å². The molecule has 0 saturated carbocycles. The van der Waals surface area contributed by atoms with E-state index in [0.717, 1.165) is 0 Å². The molecule has 0 radical (unpaired) electrons. The van der Waals surface area contributed by atoms with Gasteiger partial charge in [-0.05, 0) is 24.6 Å². The number of nitrogens with zero attached hydrogens (tertiary/aromatic N) is 1. The second-order valence-corrected chi connectivity index (χ2v) is 5.14. The van der Waals surface area contributed by atoms with E-state index in [9.17, 15) is 9.18 Å². The lowest BCUT2D eigenvalue weighted by atomic mass is 10.1. The SMILES string of the molecule is COCCN(CC(=O)O)C(C)c1cc(F)c(Cl)cc1Cl. The number of methoxy groups -OCH3 is 1. The third-order valence-electron chi connectivity index (χ3n) is 2.96. The number of carbonyl (C=O) groups is 1. The Morgan fingerprint density at radius 3 is 2.65 bits per heavy atom. The molecular weight excluding hydrogens is 308 g/mol. The molecule has 0 saturated heterocycles.